The second-order valence-electron chi connectivity index (χ2n) is 3.33. The average molecular weight is 221 g/mol. The molecule has 0 aliphatic heterocycles. The van der Waals surface area contributed by atoms with Crippen molar-refractivity contribution in [2.75, 3.05) is 0 Å². The highest BCUT2D eigenvalue weighted by atomic mass is 16.4. The summed E-state index contributed by atoms with van der Waals surface area (Å²) in [7, 11) is 0. The summed E-state index contributed by atoms with van der Waals surface area (Å²) in [5, 5.41) is 58.3. The number of aliphatic hydroxyl groups is 6. The minimum atomic E-state index is -2.77. The number of aliphatic hydroxyl groups excluding tert-OH is 5. The lowest BCUT2D eigenvalue weighted by Crippen LogP contribution is -2.69. The highest BCUT2D eigenvalue weighted by Crippen LogP contribution is 2.31. The summed E-state index contributed by atoms with van der Waals surface area (Å²) in [6, 6.07) is 0. The molecule has 0 aromatic heterocycles. The van der Waals surface area contributed by atoms with Crippen molar-refractivity contribution in [3.05, 3.63) is 10.4 Å². The van der Waals surface area contributed by atoms with Crippen LogP contribution >= 0.6 is 0 Å². The van der Waals surface area contributed by atoms with Gasteiger partial charge in [0.05, 0.1) is 0 Å². The van der Waals surface area contributed by atoms with E-state index in [1.165, 1.54) is 0 Å². The third-order valence-electron chi connectivity index (χ3n) is 2.42. The van der Waals surface area contributed by atoms with Crippen molar-refractivity contribution in [1.82, 2.24) is 0 Å². The van der Waals surface area contributed by atoms with Crippen LogP contribution in [0.1, 0.15) is 0 Å². The van der Waals surface area contributed by atoms with Gasteiger partial charge in [-0.1, -0.05) is 5.11 Å². The monoisotopic (exact) mass is 221 g/mol. The van der Waals surface area contributed by atoms with Gasteiger partial charge in [-0.05, 0) is 5.53 Å². The Kier molecular flexibility index (Phi) is 3.16. The quantitative estimate of drug-likeness (QED) is 0.155. The van der Waals surface area contributed by atoms with Crippen LogP contribution in [0.5, 0.6) is 0 Å². The van der Waals surface area contributed by atoms with Crippen molar-refractivity contribution in [2.24, 2.45) is 5.11 Å². The standard InChI is InChI=1S/C6H11N3O6/c7-9-8-6(15)4(13)2(11)1(10)3(12)5(6)14/h1-5,10-15H/t1?,2-,3+,4-,5-,6?/m1/s1. The van der Waals surface area contributed by atoms with Crippen molar-refractivity contribution >= 4 is 0 Å². The minimum Gasteiger partial charge on any atom is -0.387 e. The van der Waals surface area contributed by atoms with E-state index in [2.05, 4.69) is 10.0 Å². The van der Waals surface area contributed by atoms with E-state index >= 15 is 0 Å². The molecule has 2 unspecified atom stereocenters. The Hall–Kier alpha value is -0.930. The van der Waals surface area contributed by atoms with Crippen molar-refractivity contribution in [2.45, 2.75) is 36.2 Å². The molecule has 6 atom stereocenters. The first-order valence-corrected chi connectivity index (χ1v) is 4.05. The highest BCUT2D eigenvalue weighted by Gasteiger charge is 2.57. The van der Waals surface area contributed by atoms with Gasteiger partial charge in [0.1, 0.15) is 30.5 Å². The molecule has 0 saturated heterocycles. The summed E-state index contributed by atoms with van der Waals surface area (Å²) in [5.41, 5.74) is 5.34. The van der Waals surface area contributed by atoms with E-state index in [0.717, 1.165) is 0 Å². The Morgan fingerprint density at radius 1 is 0.933 bits per heavy atom. The third-order valence-corrected chi connectivity index (χ3v) is 2.42. The van der Waals surface area contributed by atoms with Crippen LogP contribution in [0, 0.1) is 0 Å². The highest BCUT2D eigenvalue weighted by molar-refractivity contribution is 5.07. The van der Waals surface area contributed by atoms with Gasteiger partial charge in [0.25, 0.3) is 0 Å². The zero-order valence-electron chi connectivity index (χ0n) is 7.41. The number of rotatable bonds is 1. The fraction of sp³-hybridized carbons (Fsp3) is 1.00. The van der Waals surface area contributed by atoms with Crippen LogP contribution in [-0.4, -0.2) is 66.9 Å². The SMILES string of the molecule is [N-]=[N+]=NC1(O)[C@H](O)[C@H](O)C(O)[C@H](O)[C@H]1O. The largest absolute Gasteiger partial charge is 0.387 e. The summed E-state index contributed by atoms with van der Waals surface area (Å²) < 4.78 is 0. The smallest absolute Gasteiger partial charge is 0.200 e. The van der Waals surface area contributed by atoms with Crippen LogP contribution in [0.4, 0.5) is 0 Å². The second-order valence-corrected chi connectivity index (χ2v) is 3.33. The molecule has 9 heteroatoms. The fourth-order valence-corrected chi connectivity index (χ4v) is 1.44. The Morgan fingerprint density at radius 2 is 1.33 bits per heavy atom. The molecule has 1 rings (SSSR count). The third kappa shape index (κ3) is 1.66. The van der Waals surface area contributed by atoms with Crippen LogP contribution in [0.15, 0.2) is 5.11 Å². The molecule has 0 bridgehead atoms. The van der Waals surface area contributed by atoms with Gasteiger partial charge < -0.3 is 30.6 Å². The van der Waals surface area contributed by atoms with E-state index < -0.39 is 36.2 Å². The van der Waals surface area contributed by atoms with E-state index in [0.29, 0.717) is 0 Å². The summed E-state index contributed by atoms with van der Waals surface area (Å²) >= 11 is 0. The average Bonchev–Trinajstić information content (AvgIpc) is 2.22. The zero-order chi connectivity index (χ0) is 11.8. The minimum absolute atomic E-state index is 1.84. The molecule has 0 spiro atoms. The molecule has 1 aliphatic carbocycles. The molecule has 9 nitrogen and oxygen atoms in total. The lowest BCUT2D eigenvalue weighted by atomic mass is 9.80. The van der Waals surface area contributed by atoms with Crippen LogP contribution in [0.25, 0.3) is 10.4 Å². The molecule has 1 aliphatic rings. The van der Waals surface area contributed by atoms with Crippen molar-refractivity contribution < 1.29 is 30.6 Å². The second kappa shape index (κ2) is 3.91. The predicted molar refractivity (Wildman–Crippen MR) is 44.1 cm³/mol. The van der Waals surface area contributed by atoms with E-state index in [9.17, 15) is 25.5 Å². The summed E-state index contributed by atoms with van der Waals surface area (Å²) in [4.78, 5) is 2.18. The van der Waals surface area contributed by atoms with E-state index in [-0.39, 0.29) is 0 Å². The molecule has 0 aromatic carbocycles. The molecule has 6 N–H and O–H groups in total. The lowest BCUT2D eigenvalue weighted by molar-refractivity contribution is -0.265. The molecule has 0 amide bonds. The molecule has 86 valence electrons. The normalized spacial score (nSPS) is 50.9. The van der Waals surface area contributed by atoms with Crippen molar-refractivity contribution in [1.29, 1.82) is 0 Å². The first kappa shape index (κ1) is 12.1. The summed E-state index contributed by atoms with van der Waals surface area (Å²) in [5.74, 6) is 0. The fourth-order valence-electron chi connectivity index (χ4n) is 1.44. The topological polar surface area (TPSA) is 170 Å². The van der Waals surface area contributed by atoms with E-state index in [4.69, 9.17) is 10.6 Å². The molecule has 1 saturated carbocycles. The van der Waals surface area contributed by atoms with Gasteiger partial charge in [0.15, 0.2) is 0 Å². The van der Waals surface area contributed by atoms with Gasteiger partial charge in [-0.15, -0.1) is 0 Å². The number of hydrogen-bond donors (Lipinski definition) is 6. The van der Waals surface area contributed by atoms with Crippen LogP contribution in [0.3, 0.4) is 0 Å². The van der Waals surface area contributed by atoms with Gasteiger partial charge in [0.2, 0.25) is 5.72 Å². The molecule has 0 heterocycles. The molecule has 0 aromatic rings. The Bertz CT molecular complexity index is 277. The summed E-state index contributed by atoms with van der Waals surface area (Å²) in [6.45, 7) is 0. The van der Waals surface area contributed by atoms with E-state index in [1.54, 1.807) is 0 Å². The Labute approximate surface area is 83.5 Å². The molecular weight excluding hydrogens is 210 g/mol. The number of azide groups is 1. The zero-order valence-corrected chi connectivity index (χ0v) is 7.41. The number of nitrogens with zero attached hydrogens (tertiary/aromatic N) is 3. The summed E-state index contributed by atoms with van der Waals surface area (Å²) in [6.07, 6.45) is -9.90. The Balaban J connectivity index is 3.11. The van der Waals surface area contributed by atoms with Crippen molar-refractivity contribution in [3.8, 4) is 0 Å². The Morgan fingerprint density at radius 3 is 1.67 bits per heavy atom. The maximum absolute atomic E-state index is 9.52. The number of hydrogen-bond acceptors (Lipinski definition) is 7. The maximum atomic E-state index is 9.52. The van der Waals surface area contributed by atoms with Gasteiger partial charge in [0, 0.05) is 4.91 Å². The predicted octanol–water partition coefficient (Wildman–Crippen LogP) is -3.20. The molecule has 1 fully saturated rings. The van der Waals surface area contributed by atoms with Gasteiger partial charge in [-0.2, -0.15) is 0 Å². The van der Waals surface area contributed by atoms with E-state index in [1.807, 2.05) is 0 Å². The molecular formula is C6H11N3O6. The lowest BCUT2D eigenvalue weighted by Gasteiger charge is -2.44. The first-order valence-electron chi connectivity index (χ1n) is 4.05. The van der Waals surface area contributed by atoms with Crippen molar-refractivity contribution in [3.63, 3.8) is 0 Å². The van der Waals surface area contributed by atoms with Gasteiger partial charge in [-0.3, -0.25) is 0 Å². The first-order chi connectivity index (χ1) is 6.86. The van der Waals surface area contributed by atoms with Gasteiger partial charge >= 0.3 is 0 Å². The molecule has 0 radical (unpaired) electrons. The van der Waals surface area contributed by atoms with Crippen LogP contribution in [0.2, 0.25) is 0 Å². The van der Waals surface area contributed by atoms with Gasteiger partial charge in [-0.25, -0.2) is 0 Å². The maximum Gasteiger partial charge on any atom is 0.200 e. The van der Waals surface area contributed by atoms with Crippen LogP contribution < -0.4 is 0 Å². The molecule has 15 heavy (non-hydrogen) atoms. The van der Waals surface area contributed by atoms with Crippen LogP contribution in [-0.2, 0) is 0 Å².